The Bertz CT molecular complexity index is 169. The fourth-order valence-corrected chi connectivity index (χ4v) is 0.398. The van der Waals surface area contributed by atoms with Crippen molar-refractivity contribution in [1.82, 2.24) is 4.67 Å². The molecule has 0 spiro atoms. The van der Waals surface area contributed by atoms with Gasteiger partial charge in [-0.25, -0.2) is 0 Å². The van der Waals surface area contributed by atoms with Crippen molar-refractivity contribution < 1.29 is 0 Å². The van der Waals surface area contributed by atoms with Crippen LogP contribution in [0, 0.1) is 0 Å². The van der Waals surface area contributed by atoms with Gasteiger partial charge in [-0.3, -0.25) is 0 Å². The number of hydrogen-bond acceptors (Lipinski definition) is 0. The Balaban J connectivity index is 2.98. The van der Waals surface area contributed by atoms with Gasteiger partial charge in [-0.2, -0.15) is 0 Å². The quantitative estimate of drug-likeness (QED) is 0.382. The van der Waals surface area contributed by atoms with Gasteiger partial charge in [0.2, 0.25) is 0 Å². The number of rotatable bonds is 0. The van der Waals surface area contributed by atoms with Crippen LogP contribution in [0.4, 0.5) is 0 Å². The van der Waals surface area contributed by atoms with E-state index >= 15 is 0 Å². The maximum atomic E-state index is 3.82. The van der Waals surface area contributed by atoms with Gasteiger partial charge in [0, 0.05) is 11.6 Å². The molecular weight excluding hydrogens is 86.1 g/mol. The Labute approximate surface area is 42.4 Å². The van der Waals surface area contributed by atoms with E-state index in [2.05, 4.69) is 11.2 Å². The zero-order valence-corrected chi connectivity index (χ0v) is 3.96. The summed E-state index contributed by atoms with van der Waals surface area (Å²) in [6, 6.07) is 0. The number of nitrogens with zero attached hydrogens (tertiary/aromatic N) is 1. The van der Waals surface area contributed by atoms with Crippen molar-refractivity contribution in [1.29, 1.82) is 0 Å². The van der Waals surface area contributed by atoms with Crippen LogP contribution in [-0.4, -0.2) is 12.4 Å². The maximum absolute atomic E-state index is 3.82. The molecule has 1 aliphatic heterocycles. The number of allylic oxidation sites excluding steroid dienone is 3. The van der Waals surface area contributed by atoms with Gasteiger partial charge >= 0.3 is 0 Å². The van der Waals surface area contributed by atoms with Crippen molar-refractivity contribution in [3.63, 3.8) is 0 Å². The highest BCUT2D eigenvalue weighted by Gasteiger charge is 1.90. The van der Waals surface area contributed by atoms with Crippen molar-refractivity contribution in [2.75, 3.05) is 0 Å². The molecule has 1 aliphatic rings. The highest BCUT2D eigenvalue weighted by molar-refractivity contribution is 5.89. The van der Waals surface area contributed by atoms with Crippen LogP contribution < -0.4 is 4.67 Å². The van der Waals surface area contributed by atoms with Crippen LogP contribution in [0.1, 0.15) is 0 Å². The van der Waals surface area contributed by atoms with Gasteiger partial charge in [0.1, 0.15) is 0 Å². The molecule has 1 heteroatoms. The highest BCUT2D eigenvalue weighted by Crippen LogP contribution is 1.85. The summed E-state index contributed by atoms with van der Waals surface area (Å²) in [6.45, 7) is 3.66. The Morgan fingerprint density at radius 2 is 2.43 bits per heavy atom. The average molecular weight is 92.1 g/mol. The standard InChI is InChI=1S/C6H6N/c1-6-3-2-4-7-5-6/h2-5H,1H2/q+1. The molecule has 1 rings (SSSR count). The Morgan fingerprint density at radius 1 is 1.57 bits per heavy atom. The lowest BCUT2D eigenvalue weighted by Gasteiger charge is -1.74. The molecule has 0 aromatic carbocycles. The van der Waals surface area contributed by atoms with Gasteiger partial charge in [-0.05, 0) is 6.08 Å². The first-order valence-electron chi connectivity index (χ1n) is 2.11. The first-order valence-corrected chi connectivity index (χ1v) is 2.11. The van der Waals surface area contributed by atoms with Gasteiger partial charge in [0.25, 0.3) is 12.4 Å². The van der Waals surface area contributed by atoms with Crippen LogP contribution in [0.15, 0.2) is 24.3 Å². The first-order chi connectivity index (χ1) is 3.39. The molecular formula is C6H6N+. The van der Waals surface area contributed by atoms with E-state index in [4.69, 9.17) is 0 Å². The zero-order valence-electron chi connectivity index (χ0n) is 3.96. The molecule has 0 saturated heterocycles. The molecule has 0 aromatic rings. The van der Waals surface area contributed by atoms with E-state index in [1.54, 1.807) is 12.4 Å². The van der Waals surface area contributed by atoms with Crippen LogP contribution in [0.25, 0.3) is 0 Å². The maximum Gasteiger partial charge on any atom is 0.298 e. The summed E-state index contributed by atoms with van der Waals surface area (Å²) < 4.78 is 3.82. The lowest BCUT2D eigenvalue weighted by atomic mass is 10.3. The molecule has 0 bridgehead atoms. The molecule has 0 radical (unpaired) electrons. The summed E-state index contributed by atoms with van der Waals surface area (Å²) in [5.74, 6) is 0. The van der Waals surface area contributed by atoms with Gasteiger partial charge in [-0.15, -0.1) is 4.67 Å². The summed E-state index contributed by atoms with van der Waals surface area (Å²) in [5, 5.41) is 0. The summed E-state index contributed by atoms with van der Waals surface area (Å²) in [6.07, 6.45) is 7.23. The molecule has 34 valence electrons. The topological polar surface area (TPSA) is 14.1 Å². The van der Waals surface area contributed by atoms with Crippen LogP contribution in [-0.2, 0) is 0 Å². The van der Waals surface area contributed by atoms with Crippen molar-refractivity contribution in [3.05, 3.63) is 24.3 Å². The minimum Gasteiger partial charge on any atom is -0.100 e. The molecule has 0 aliphatic carbocycles. The van der Waals surface area contributed by atoms with E-state index in [0.29, 0.717) is 0 Å². The summed E-state index contributed by atoms with van der Waals surface area (Å²) in [7, 11) is 0. The normalized spacial score (nSPS) is 15.7. The van der Waals surface area contributed by atoms with Crippen molar-refractivity contribution in [2.24, 2.45) is 0 Å². The van der Waals surface area contributed by atoms with Crippen LogP contribution in [0.5, 0.6) is 0 Å². The van der Waals surface area contributed by atoms with E-state index in [-0.39, 0.29) is 0 Å². The fraction of sp³-hybridized carbons (Fsp3) is 0. The summed E-state index contributed by atoms with van der Waals surface area (Å²) >= 11 is 0. The van der Waals surface area contributed by atoms with E-state index in [0.717, 1.165) is 5.57 Å². The molecule has 1 heterocycles. The fourth-order valence-electron chi connectivity index (χ4n) is 0.398. The smallest absolute Gasteiger partial charge is 0.100 e. The summed E-state index contributed by atoms with van der Waals surface area (Å²) in [5.41, 5.74) is 0.961. The van der Waals surface area contributed by atoms with E-state index in [1.807, 2.05) is 12.2 Å². The lowest BCUT2D eigenvalue weighted by Crippen LogP contribution is -1.87. The first kappa shape index (κ1) is 4.10. The van der Waals surface area contributed by atoms with Crippen LogP contribution >= 0.6 is 0 Å². The van der Waals surface area contributed by atoms with Crippen molar-refractivity contribution in [2.45, 2.75) is 0 Å². The molecule has 0 fully saturated rings. The second-order valence-electron chi connectivity index (χ2n) is 1.36. The summed E-state index contributed by atoms with van der Waals surface area (Å²) in [4.78, 5) is 0. The van der Waals surface area contributed by atoms with Crippen molar-refractivity contribution >= 4 is 12.4 Å². The van der Waals surface area contributed by atoms with Gasteiger partial charge in [0.15, 0.2) is 0 Å². The second-order valence-corrected chi connectivity index (χ2v) is 1.36. The molecule has 0 N–H and O–H groups in total. The van der Waals surface area contributed by atoms with Gasteiger partial charge in [0.05, 0.1) is 0 Å². The third kappa shape index (κ3) is 0.881. The average Bonchev–Trinajstić information content (AvgIpc) is 1.69. The largest absolute Gasteiger partial charge is 0.298 e. The monoisotopic (exact) mass is 92.0 g/mol. The van der Waals surface area contributed by atoms with Crippen molar-refractivity contribution in [3.8, 4) is 0 Å². The minimum absolute atomic E-state index is 0.961. The number of hydrogen-bond donors (Lipinski definition) is 0. The third-order valence-corrected chi connectivity index (χ3v) is 0.723. The van der Waals surface area contributed by atoms with E-state index < -0.39 is 0 Å². The predicted molar refractivity (Wildman–Crippen MR) is 32.5 cm³/mol. The predicted octanol–water partition coefficient (Wildman–Crippen LogP) is 0.321. The zero-order chi connectivity index (χ0) is 5.11. The molecule has 0 atom stereocenters. The van der Waals surface area contributed by atoms with Gasteiger partial charge < -0.3 is 0 Å². The third-order valence-electron chi connectivity index (χ3n) is 0.723. The SMILES string of the molecule is C=C1C=CC=[N+]=C1. The molecule has 0 amide bonds. The Morgan fingerprint density at radius 3 is 2.71 bits per heavy atom. The van der Waals surface area contributed by atoms with Crippen LogP contribution in [0.2, 0.25) is 0 Å². The second kappa shape index (κ2) is 1.59. The van der Waals surface area contributed by atoms with E-state index in [1.165, 1.54) is 0 Å². The lowest BCUT2D eigenvalue weighted by molar-refractivity contribution is 1.67. The molecule has 7 heavy (non-hydrogen) atoms. The van der Waals surface area contributed by atoms with E-state index in [9.17, 15) is 0 Å². The molecule has 0 aromatic heterocycles. The minimum atomic E-state index is 0.961. The Kier molecular flexibility index (Phi) is 0.928. The molecule has 0 unspecified atom stereocenters. The Hall–Kier alpha value is -1.07. The molecule has 1 nitrogen and oxygen atoms in total. The van der Waals surface area contributed by atoms with Gasteiger partial charge in [-0.1, -0.05) is 6.58 Å². The molecule has 0 saturated carbocycles. The highest BCUT2D eigenvalue weighted by atomic mass is 14.5. The van der Waals surface area contributed by atoms with Crippen LogP contribution in [0.3, 0.4) is 0 Å².